The van der Waals surface area contributed by atoms with E-state index in [1.807, 2.05) is 43.3 Å². The molecule has 1 aliphatic carbocycles. The van der Waals surface area contributed by atoms with E-state index in [0.29, 0.717) is 22.8 Å². The molecule has 8 heteroatoms. The highest BCUT2D eigenvalue weighted by atomic mass is 35.5. The first-order valence-electron chi connectivity index (χ1n) is 10.4. The molecule has 32 heavy (non-hydrogen) atoms. The predicted octanol–water partition coefficient (Wildman–Crippen LogP) is 4.17. The smallest absolute Gasteiger partial charge is 0.407 e. The average Bonchev–Trinajstić information content (AvgIpc) is 3.25. The molecule has 1 atom stereocenters. The number of carboxylic acids is 1. The van der Waals surface area contributed by atoms with E-state index in [-0.39, 0.29) is 18.9 Å². The zero-order chi connectivity index (χ0) is 22.8. The molecule has 0 radical (unpaired) electrons. The van der Waals surface area contributed by atoms with E-state index in [1.54, 1.807) is 11.7 Å². The molecule has 1 amide bonds. The second-order valence-electron chi connectivity index (χ2n) is 7.75. The molecular weight excluding hydrogens is 430 g/mol. The van der Waals surface area contributed by atoms with Crippen LogP contribution in [-0.2, 0) is 29.4 Å². The number of carboxylic acid groups (broad SMARTS) is 1. The average molecular weight is 454 g/mol. The van der Waals surface area contributed by atoms with Crippen LogP contribution in [0.3, 0.4) is 0 Å². The number of fused-ring (bicyclic) bond motifs is 3. The van der Waals surface area contributed by atoms with E-state index in [9.17, 15) is 14.7 Å². The van der Waals surface area contributed by atoms with E-state index in [0.717, 1.165) is 22.3 Å². The maximum Gasteiger partial charge on any atom is 0.407 e. The Morgan fingerprint density at radius 3 is 2.28 bits per heavy atom. The van der Waals surface area contributed by atoms with Gasteiger partial charge in [0, 0.05) is 19.4 Å². The Morgan fingerprint density at radius 2 is 1.75 bits per heavy atom. The molecule has 0 fully saturated rings. The van der Waals surface area contributed by atoms with Gasteiger partial charge in [-0.05, 0) is 28.7 Å². The monoisotopic (exact) mass is 453 g/mol. The fourth-order valence-corrected chi connectivity index (χ4v) is 4.59. The van der Waals surface area contributed by atoms with Crippen molar-refractivity contribution in [2.75, 3.05) is 6.61 Å². The molecule has 1 aliphatic rings. The van der Waals surface area contributed by atoms with Crippen molar-refractivity contribution >= 4 is 23.7 Å². The number of hydrogen-bond donors (Lipinski definition) is 2. The number of benzene rings is 2. The lowest BCUT2D eigenvalue weighted by Gasteiger charge is -2.17. The summed E-state index contributed by atoms with van der Waals surface area (Å²) >= 11 is 6.34. The third-order valence-electron chi connectivity index (χ3n) is 5.83. The van der Waals surface area contributed by atoms with Crippen molar-refractivity contribution < 1.29 is 19.4 Å². The van der Waals surface area contributed by atoms with Crippen LogP contribution in [0.4, 0.5) is 4.79 Å². The minimum Gasteiger partial charge on any atom is -0.480 e. The number of aryl methyl sites for hydroxylation is 2. The van der Waals surface area contributed by atoms with Gasteiger partial charge in [-0.2, -0.15) is 5.10 Å². The van der Waals surface area contributed by atoms with Gasteiger partial charge in [-0.3, -0.25) is 4.68 Å². The minimum absolute atomic E-state index is 0.00185. The lowest BCUT2D eigenvalue weighted by atomic mass is 9.98. The van der Waals surface area contributed by atoms with Gasteiger partial charge in [-0.1, -0.05) is 67.1 Å². The quantitative estimate of drug-likeness (QED) is 0.560. The summed E-state index contributed by atoms with van der Waals surface area (Å²) in [5.74, 6) is -1.27. The number of carbonyl (C=O) groups is 2. The molecule has 1 unspecified atom stereocenters. The van der Waals surface area contributed by atoms with Crippen LogP contribution in [0.2, 0.25) is 5.02 Å². The summed E-state index contributed by atoms with van der Waals surface area (Å²) in [6.07, 6.45) is -0.153. The fraction of sp³-hybridized carbons (Fsp3) is 0.292. The number of aromatic nitrogens is 2. The Labute approximate surface area is 191 Å². The molecule has 1 aromatic heterocycles. The van der Waals surface area contributed by atoms with E-state index >= 15 is 0 Å². The number of amides is 1. The van der Waals surface area contributed by atoms with Gasteiger partial charge in [0.25, 0.3) is 0 Å². The summed E-state index contributed by atoms with van der Waals surface area (Å²) in [6.45, 7) is 2.03. The van der Waals surface area contributed by atoms with Gasteiger partial charge in [-0.15, -0.1) is 0 Å². The van der Waals surface area contributed by atoms with E-state index in [2.05, 4.69) is 22.5 Å². The summed E-state index contributed by atoms with van der Waals surface area (Å²) < 4.78 is 7.03. The highest BCUT2D eigenvalue weighted by Crippen LogP contribution is 2.44. The first-order chi connectivity index (χ1) is 15.4. The summed E-state index contributed by atoms with van der Waals surface area (Å²) in [7, 11) is 1.70. The van der Waals surface area contributed by atoms with Crippen LogP contribution < -0.4 is 5.32 Å². The van der Waals surface area contributed by atoms with Crippen LogP contribution in [0.5, 0.6) is 0 Å². The molecule has 166 valence electrons. The molecule has 0 saturated carbocycles. The first-order valence-corrected chi connectivity index (χ1v) is 10.8. The van der Waals surface area contributed by atoms with E-state index in [1.165, 1.54) is 0 Å². The second-order valence-corrected chi connectivity index (χ2v) is 8.13. The molecule has 0 saturated heterocycles. The minimum atomic E-state index is -1.19. The SMILES string of the molecule is CCc1nn(C)c(CC(NC(=O)OCC2c3ccccc3-c3ccccc32)C(=O)O)c1Cl. The number of carbonyl (C=O) groups excluding carboxylic acids is 1. The van der Waals surface area contributed by atoms with Crippen LogP contribution in [-0.4, -0.2) is 39.6 Å². The number of alkyl carbamates (subject to hydrolysis) is 1. The van der Waals surface area contributed by atoms with Gasteiger partial charge in [0.15, 0.2) is 0 Å². The summed E-state index contributed by atoms with van der Waals surface area (Å²) in [4.78, 5) is 24.3. The number of rotatable bonds is 7. The Hall–Kier alpha value is -3.32. The van der Waals surface area contributed by atoms with Crippen LogP contribution in [0.25, 0.3) is 11.1 Å². The molecule has 0 aliphatic heterocycles. The molecule has 2 aromatic carbocycles. The lowest BCUT2D eigenvalue weighted by Crippen LogP contribution is -2.43. The van der Waals surface area contributed by atoms with Gasteiger partial charge >= 0.3 is 12.1 Å². The Kier molecular flexibility index (Phi) is 6.19. The zero-order valence-corrected chi connectivity index (χ0v) is 18.6. The van der Waals surface area contributed by atoms with Crippen molar-refractivity contribution in [1.29, 1.82) is 0 Å². The molecule has 3 aromatic rings. The number of hydrogen-bond acceptors (Lipinski definition) is 4. The Morgan fingerprint density at radius 1 is 1.16 bits per heavy atom. The third-order valence-corrected chi connectivity index (χ3v) is 6.27. The van der Waals surface area contributed by atoms with Gasteiger partial charge in [0.1, 0.15) is 12.6 Å². The van der Waals surface area contributed by atoms with Crippen molar-refractivity contribution in [3.63, 3.8) is 0 Å². The number of ether oxygens (including phenoxy) is 1. The summed E-state index contributed by atoms with van der Waals surface area (Å²) in [5, 5.41) is 16.8. The van der Waals surface area contributed by atoms with Gasteiger partial charge in [-0.25, -0.2) is 9.59 Å². The Bertz CT molecular complexity index is 1130. The molecule has 7 nitrogen and oxygen atoms in total. The van der Waals surface area contributed by atoms with Crippen molar-refractivity contribution in [3.8, 4) is 11.1 Å². The van der Waals surface area contributed by atoms with E-state index < -0.39 is 18.1 Å². The van der Waals surface area contributed by atoms with Crippen LogP contribution in [0.1, 0.15) is 35.4 Å². The van der Waals surface area contributed by atoms with Crippen molar-refractivity contribution in [2.24, 2.45) is 7.05 Å². The topological polar surface area (TPSA) is 93.5 Å². The van der Waals surface area contributed by atoms with Crippen molar-refractivity contribution in [1.82, 2.24) is 15.1 Å². The third kappa shape index (κ3) is 4.08. The van der Waals surface area contributed by atoms with Crippen molar-refractivity contribution in [3.05, 3.63) is 76.1 Å². The van der Waals surface area contributed by atoms with Crippen LogP contribution >= 0.6 is 11.6 Å². The highest BCUT2D eigenvalue weighted by Gasteiger charge is 2.30. The number of aliphatic carboxylic acids is 1. The lowest BCUT2D eigenvalue weighted by molar-refractivity contribution is -0.139. The van der Waals surface area contributed by atoms with Crippen LogP contribution in [0, 0.1) is 0 Å². The number of halogens is 1. The molecular formula is C24H24ClN3O4. The molecule has 0 bridgehead atoms. The second kappa shape index (κ2) is 9.04. The van der Waals surface area contributed by atoms with Crippen LogP contribution in [0.15, 0.2) is 48.5 Å². The van der Waals surface area contributed by atoms with Gasteiger partial charge in [0.05, 0.1) is 16.4 Å². The normalized spacial score (nSPS) is 13.3. The fourth-order valence-electron chi connectivity index (χ4n) is 4.22. The molecule has 1 heterocycles. The molecule has 4 rings (SSSR count). The van der Waals surface area contributed by atoms with E-state index in [4.69, 9.17) is 16.3 Å². The highest BCUT2D eigenvalue weighted by molar-refractivity contribution is 6.31. The largest absolute Gasteiger partial charge is 0.480 e. The van der Waals surface area contributed by atoms with Gasteiger partial charge in [0.2, 0.25) is 0 Å². The van der Waals surface area contributed by atoms with Crippen molar-refractivity contribution in [2.45, 2.75) is 31.7 Å². The maximum atomic E-state index is 12.5. The number of nitrogens with one attached hydrogen (secondary N) is 1. The predicted molar refractivity (Wildman–Crippen MR) is 121 cm³/mol. The number of nitrogens with zero attached hydrogens (tertiary/aromatic N) is 2. The molecule has 0 spiro atoms. The summed E-state index contributed by atoms with van der Waals surface area (Å²) in [6, 6.07) is 14.8. The Balaban J connectivity index is 1.45. The maximum absolute atomic E-state index is 12.5. The standard InChI is InChI=1S/C24H24ClN3O4/c1-3-19-22(25)21(28(2)27-19)12-20(23(29)30)26-24(31)32-13-18-16-10-6-4-8-14(16)15-9-5-7-11-17(15)18/h4-11,18,20H,3,12-13H2,1-2H3,(H,26,31)(H,29,30). The molecule has 2 N–H and O–H groups in total. The van der Waals surface area contributed by atoms with Gasteiger partial charge < -0.3 is 15.2 Å². The zero-order valence-electron chi connectivity index (χ0n) is 17.8. The first kappa shape index (κ1) is 21.9. The summed E-state index contributed by atoms with van der Waals surface area (Å²) in [5.41, 5.74) is 5.66.